The number of thioether (sulfide) groups is 1. The summed E-state index contributed by atoms with van der Waals surface area (Å²) in [6.45, 7) is 2.11. The molecule has 0 aliphatic carbocycles. The van der Waals surface area contributed by atoms with Crippen LogP contribution in [0.15, 0.2) is 29.4 Å². The number of benzene rings is 1. The molecule has 2 aliphatic heterocycles. The van der Waals surface area contributed by atoms with Crippen molar-refractivity contribution in [2.45, 2.75) is 23.5 Å². The highest BCUT2D eigenvalue weighted by atomic mass is 32.2. The molecule has 1 unspecified atom stereocenters. The summed E-state index contributed by atoms with van der Waals surface area (Å²) in [6.07, 6.45) is 3.61. The van der Waals surface area contributed by atoms with Gasteiger partial charge >= 0.3 is 10.2 Å². The molecule has 0 aromatic heterocycles. The standard InChI is InChI=1S/C11H12N2O3S2/c1-7-4-8-5-9(10(14)6-11(8)17-7)13-3-2-12-18(13,15)16/h2-3,5-7,12,14H,4H2,1H3. The van der Waals surface area contributed by atoms with Crippen LogP contribution >= 0.6 is 11.8 Å². The Kier molecular flexibility index (Phi) is 2.49. The van der Waals surface area contributed by atoms with Gasteiger partial charge in [0, 0.05) is 22.5 Å². The normalized spacial score (nSPS) is 24.1. The van der Waals surface area contributed by atoms with Crippen LogP contribution in [0, 0.1) is 0 Å². The fourth-order valence-corrected chi connectivity index (χ4v) is 4.29. The zero-order valence-corrected chi connectivity index (χ0v) is 11.3. The number of nitrogens with one attached hydrogen (secondary N) is 1. The highest BCUT2D eigenvalue weighted by Gasteiger charge is 2.28. The molecule has 96 valence electrons. The number of fused-ring (bicyclic) bond motifs is 1. The third-order valence-electron chi connectivity index (χ3n) is 2.92. The van der Waals surface area contributed by atoms with Gasteiger partial charge in [-0.3, -0.25) is 4.72 Å². The molecule has 0 radical (unpaired) electrons. The van der Waals surface area contributed by atoms with Crippen molar-refractivity contribution in [1.82, 2.24) is 4.72 Å². The van der Waals surface area contributed by atoms with Crippen molar-refractivity contribution in [3.63, 3.8) is 0 Å². The Morgan fingerprint density at radius 2 is 2.28 bits per heavy atom. The average molecular weight is 284 g/mol. The highest BCUT2D eigenvalue weighted by molar-refractivity contribution is 8.00. The summed E-state index contributed by atoms with van der Waals surface area (Å²) in [7, 11) is -3.59. The van der Waals surface area contributed by atoms with Crippen LogP contribution in [0.2, 0.25) is 0 Å². The van der Waals surface area contributed by atoms with Crippen LogP contribution in [0.25, 0.3) is 0 Å². The van der Waals surface area contributed by atoms with Gasteiger partial charge in [0.2, 0.25) is 0 Å². The quantitative estimate of drug-likeness (QED) is 0.821. The molecule has 0 fully saturated rings. The summed E-state index contributed by atoms with van der Waals surface area (Å²) < 4.78 is 26.7. The Balaban J connectivity index is 2.09. The molecule has 18 heavy (non-hydrogen) atoms. The lowest BCUT2D eigenvalue weighted by molar-refractivity contribution is 0.474. The molecule has 0 bridgehead atoms. The van der Waals surface area contributed by atoms with E-state index in [0.29, 0.717) is 10.9 Å². The molecule has 1 atom stereocenters. The highest BCUT2D eigenvalue weighted by Crippen LogP contribution is 2.43. The van der Waals surface area contributed by atoms with E-state index in [1.807, 2.05) is 0 Å². The summed E-state index contributed by atoms with van der Waals surface area (Å²) in [5, 5.41) is 10.4. The van der Waals surface area contributed by atoms with Crippen LogP contribution in [0.1, 0.15) is 12.5 Å². The Morgan fingerprint density at radius 1 is 1.50 bits per heavy atom. The van der Waals surface area contributed by atoms with E-state index in [2.05, 4.69) is 11.6 Å². The molecular weight excluding hydrogens is 272 g/mol. The molecule has 2 heterocycles. The fraction of sp³-hybridized carbons (Fsp3) is 0.273. The van der Waals surface area contributed by atoms with Crippen molar-refractivity contribution in [2.24, 2.45) is 0 Å². The fourth-order valence-electron chi connectivity index (χ4n) is 2.15. The summed E-state index contributed by atoms with van der Waals surface area (Å²) in [5.41, 5.74) is 1.38. The van der Waals surface area contributed by atoms with Crippen molar-refractivity contribution in [3.05, 3.63) is 30.1 Å². The van der Waals surface area contributed by atoms with E-state index in [-0.39, 0.29) is 5.75 Å². The van der Waals surface area contributed by atoms with Crippen LogP contribution in [0.4, 0.5) is 5.69 Å². The van der Waals surface area contributed by atoms with E-state index in [9.17, 15) is 13.5 Å². The Morgan fingerprint density at radius 3 is 2.94 bits per heavy atom. The van der Waals surface area contributed by atoms with E-state index in [0.717, 1.165) is 21.2 Å². The molecule has 5 nitrogen and oxygen atoms in total. The molecular formula is C11H12N2O3S2. The van der Waals surface area contributed by atoms with Gasteiger partial charge in [0.25, 0.3) is 0 Å². The van der Waals surface area contributed by atoms with Crippen molar-refractivity contribution in [1.29, 1.82) is 0 Å². The molecule has 2 aliphatic rings. The number of rotatable bonds is 1. The van der Waals surface area contributed by atoms with Gasteiger partial charge in [-0.2, -0.15) is 8.42 Å². The first-order chi connectivity index (χ1) is 8.47. The minimum atomic E-state index is -3.59. The number of hydrogen-bond donors (Lipinski definition) is 2. The van der Waals surface area contributed by atoms with E-state index >= 15 is 0 Å². The van der Waals surface area contributed by atoms with E-state index < -0.39 is 10.2 Å². The van der Waals surface area contributed by atoms with Crippen molar-refractivity contribution >= 4 is 27.7 Å². The molecule has 0 spiro atoms. The van der Waals surface area contributed by atoms with E-state index in [1.54, 1.807) is 23.9 Å². The van der Waals surface area contributed by atoms with Gasteiger partial charge in [0.05, 0.1) is 0 Å². The second-order valence-corrected chi connectivity index (χ2v) is 7.38. The van der Waals surface area contributed by atoms with E-state index in [1.165, 1.54) is 12.4 Å². The molecule has 3 rings (SSSR count). The van der Waals surface area contributed by atoms with Crippen LogP contribution < -0.4 is 9.03 Å². The first-order valence-corrected chi connectivity index (χ1v) is 7.80. The molecule has 0 amide bonds. The topological polar surface area (TPSA) is 69.6 Å². The summed E-state index contributed by atoms with van der Waals surface area (Å²) in [4.78, 5) is 1.03. The smallest absolute Gasteiger partial charge is 0.327 e. The maximum atomic E-state index is 11.7. The lowest BCUT2D eigenvalue weighted by Gasteiger charge is -2.17. The molecule has 0 saturated carbocycles. The molecule has 1 aromatic rings. The zero-order chi connectivity index (χ0) is 12.9. The van der Waals surface area contributed by atoms with Crippen LogP contribution in [-0.4, -0.2) is 18.8 Å². The SMILES string of the molecule is CC1Cc2cc(N3C=CNS3(=O)=O)c(O)cc2S1. The Bertz CT molecular complexity index is 640. The minimum absolute atomic E-state index is 0.0210. The monoisotopic (exact) mass is 284 g/mol. The summed E-state index contributed by atoms with van der Waals surface area (Å²) >= 11 is 1.69. The predicted molar refractivity (Wildman–Crippen MR) is 70.8 cm³/mol. The third-order valence-corrected chi connectivity index (χ3v) is 5.39. The maximum absolute atomic E-state index is 11.7. The van der Waals surface area contributed by atoms with Gasteiger partial charge in [0.1, 0.15) is 11.4 Å². The predicted octanol–water partition coefficient (Wildman–Crippen LogP) is 1.55. The van der Waals surface area contributed by atoms with Crippen LogP contribution in [-0.2, 0) is 16.6 Å². The number of hydrogen-bond acceptors (Lipinski definition) is 4. The second kappa shape index (κ2) is 3.83. The van der Waals surface area contributed by atoms with Gasteiger partial charge in [-0.15, -0.1) is 11.8 Å². The van der Waals surface area contributed by atoms with Gasteiger partial charge in [0.15, 0.2) is 0 Å². The summed E-state index contributed by atoms with van der Waals surface area (Å²) in [6, 6.07) is 3.39. The van der Waals surface area contributed by atoms with Crippen molar-refractivity contribution < 1.29 is 13.5 Å². The number of aromatic hydroxyl groups is 1. The number of phenolic OH excluding ortho intramolecular Hbond substituents is 1. The van der Waals surface area contributed by atoms with Gasteiger partial charge < -0.3 is 5.11 Å². The minimum Gasteiger partial charge on any atom is -0.506 e. The Labute approximate surface area is 110 Å². The number of phenols is 1. The molecule has 0 saturated heterocycles. The molecule has 2 N–H and O–H groups in total. The van der Waals surface area contributed by atoms with E-state index in [4.69, 9.17) is 0 Å². The maximum Gasteiger partial charge on any atom is 0.327 e. The molecule has 1 aromatic carbocycles. The Hall–Kier alpha value is -1.34. The van der Waals surface area contributed by atoms with Crippen molar-refractivity contribution in [3.8, 4) is 5.75 Å². The lowest BCUT2D eigenvalue weighted by Crippen LogP contribution is -2.28. The molecule has 7 heteroatoms. The number of anilines is 1. The van der Waals surface area contributed by atoms with Crippen LogP contribution in [0.5, 0.6) is 5.75 Å². The third kappa shape index (κ3) is 1.74. The second-order valence-electron chi connectivity index (χ2n) is 4.32. The first kappa shape index (κ1) is 11.7. The first-order valence-electron chi connectivity index (χ1n) is 5.48. The van der Waals surface area contributed by atoms with Gasteiger partial charge in [-0.1, -0.05) is 6.92 Å². The largest absolute Gasteiger partial charge is 0.506 e. The van der Waals surface area contributed by atoms with Gasteiger partial charge in [-0.05, 0) is 24.1 Å². The average Bonchev–Trinajstić information content (AvgIpc) is 2.78. The van der Waals surface area contributed by atoms with Crippen molar-refractivity contribution in [2.75, 3.05) is 4.31 Å². The van der Waals surface area contributed by atoms with Crippen LogP contribution in [0.3, 0.4) is 0 Å². The van der Waals surface area contributed by atoms with Gasteiger partial charge in [-0.25, -0.2) is 4.31 Å². The zero-order valence-electron chi connectivity index (χ0n) is 9.62. The lowest BCUT2D eigenvalue weighted by atomic mass is 10.1. The number of nitrogens with zero attached hydrogens (tertiary/aromatic N) is 1. The summed E-state index contributed by atoms with van der Waals surface area (Å²) in [5.74, 6) is -0.0210.